The first-order valence-electron chi connectivity index (χ1n) is 16.9. The summed E-state index contributed by atoms with van der Waals surface area (Å²) in [5.74, 6) is 5.94. The summed E-state index contributed by atoms with van der Waals surface area (Å²) in [5, 5.41) is 9.81. The molecule has 0 radical (unpaired) electrons. The molecule has 4 aliphatic rings. The minimum atomic E-state index is -0.299. The van der Waals surface area contributed by atoms with Crippen molar-refractivity contribution in [2.24, 2.45) is 52.3 Å². The number of ether oxygens (including phenoxy) is 2. The normalized spacial score (nSPS) is 35.6. The smallest absolute Gasteiger partial charge is 0.331 e. The van der Waals surface area contributed by atoms with Crippen molar-refractivity contribution >= 4 is 12.0 Å². The molecule has 1 aromatic rings. The lowest BCUT2D eigenvalue weighted by Crippen LogP contribution is -2.51. The molecule has 1 N–H and O–H groups in total. The van der Waals surface area contributed by atoms with Crippen LogP contribution in [-0.4, -0.2) is 24.3 Å². The van der Waals surface area contributed by atoms with Gasteiger partial charge in [-0.05, 0) is 121 Å². The fraction of sp³-hybridized carbons (Fsp3) is 0.711. The summed E-state index contributed by atoms with van der Waals surface area (Å²) in [5.41, 5.74) is 3.09. The van der Waals surface area contributed by atoms with Crippen molar-refractivity contribution in [2.75, 3.05) is 7.11 Å². The Balaban J connectivity index is 1.21. The van der Waals surface area contributed by atoms with Gasteiger partial charge >= 0.3 is 5.97 Å². The summed E-state index contributed by atoms with van der Waals surface area (Å²) in [6, 6.07) is 5.04. The molecule has 0 heterocycles. The number of esters is 1. The van der Waals surface area contributed by atoms with Gasteiger partial charge in [0.25, 0.3) is 0 Å². The van der Waals surface area contributed by atoms with Crippen LogP contribution in [0.2, 0.25) is 0 Å². The highest BCUT2D eigenvalue weighted by atomic mass is 16.5. The highest BCUT2D eigenvalue weighted by Crippen LogP contribution is 2.67. The van der Waals surface area contributed by atoms with Gasteiger partial charge in [-0.3, -0.25) is 0 Å². The minimum absolute atomic E-state index is 0.0498. The maximum atomic E-state index is 12.7. The van der Waals surface area contributed by atoms with Crippen LogP contribution in [0.4, 0.5) is 0 Å². The van der Waals surface area contributed by atoms with E-state index in [2.05, 4.69) is 47.6 Å². The topological polar surface area (TPSA) is 55.8 Å². The number of allylic oxidation sites excluding steroid dienone is 1. The van der Waals surface area contributed by atoms with E-state index in [1.165, 1.54) is 58.1 Å². The van der Waals surface area contributed by atoms with Crippen molar-refractivity contribution in [2.45, 2.75) is 112 Å². The van der Waals surface area contributed by atoms with Gasteiger partial charge in [0.05, 0.1) is 7.11 Å². The summed E-state index contributed by atoms with van der Waals surface area (Å²) < 4.78 is 11.1. The van der Waals surface area contributed by atoms with E-state index in [4.69, 9.17) is 9.47 Å². The van der Waals surface area contributed by atoms with Crippen LogP contribution in [0.25, 0.3) is 6.08 Å². The Bertz CT molecular complexity index is 1180. The quantitative estimate of drug-likeness (QED) is 0.181. The summed E-state index contributed by atoms with van der Waals surface area (Å²) in [4.78, 5) is 12.7. The number of hydrogen-bond donors (Lipinski definition) is 1. The molecule has 0 amide bonds. The van der Waals surface area contributed by atoms with Crippen LogP contribution in [0.3, 0.4) is 0 Å². The largest absolute Gasteiger partial charge is 0.504 e. The zero-order valence-electron chi connectivity index (χ0n) is 27.3. The molecule has 4 nitrogen and oxygen atoms in total. The van der Waals surface area contributed by atoms with Crippen LogP contribution < -0.4 is 4.74 Å². The summed E-state index contributed by atoms with van der Waals surface area (Å²) in [6.45, 7) is 15.0. The van der Waals surface area contributed by atoms with E-state index in [1.54, 1.807) is 29.8 Å². The Kier molecular flexibility index (Phi) is 9.22. The molecular weight excluding hydrogens is 520 g/mol. The van der Waals surface area contributed by atoms with Crippen molar-refractivity contribution in [3.8, 4) is 11.5 Å². The number of benzene rings is 1. The number of rotatable bonds is 9. The number of fused-ring (bicyclic) bond motifs is 5. The molecule has 0 bridgehead atoms. The zero-order valence-corrected chi connectivity index (χ0v) is 27.3. The van der Waals surface area contributed by atoms with Gasteiger partial charge in [0.15, 0.2) is 11.5 Å². The first-order valence-corrected chi connectivity index (χ1v) is 16.9. The van der Waals surface area contributed by atoms with Crippen molar-refractivity contribution in [1.82, 2.24) is 0 Å². The maximum absolute atomic E-state index is 12.7. The van der Waals surface area contributed by atoms with Crippen LogP contribution in [0.5, 0.6) is 11.5 Å². The number of phenolic OH excluding ortho intramolecular Hbond substituents is 1. The van der Waals surface area contributed by atoms with E-state index in [9.17, 15) is 9.90 Å². The molecule has 0 aliphatic heterocycles. The number of carbonyl (C=O) groups excluding carboxylic acids is 1. The third kappa shape index (κ3) is 5.93. The van der Waals surface area contributed by atoms with Gasteiger partial charge in [0.1, 0.15) is 6.10 Å². The molecule has 3 saturated carbocycles. The molecule has 1 aromatic carbocycles. The Hall–Kier alpha value is -2.23. The standard InChI is InChI=1S/C38H56O4/c1-24(2)25(3)8-9-26(4)31-14-15-32-30-13-12-28-23-29(18-20-37(28,5)33(30)19-21-38(31,32)6)42-36(40)17-11-27-10-16-34(39)35(22-27)41-7/h10-12,16-17,22,24-26,29-33,39H,8-9,13-15,18-21,23H2,1-7H3/b17-11-/t25?,26-,29+,30+,31-,32+,33+,37+,38-/m1/s1. The average molecular weight is 577 g/mol. The van der Waals surface area contributed by atoms with E-state index in [1.807, 2.05) is 0 Å². The van der Waals surface area contributed by atoms with Crippen molar-refractivity contribution in [1.29, 1.82) is 0 Å². The molecule has 0 spiro atoms. The summed E-state index contributed by atoms with van der Waals surface area (Å²) in [6.07, 6.45) is 18.3. The van der Waals surface area contributed by atoms with E-state index < -0.39 is 0 Å². The van der Waals surface area contributed by atoms with Gasteiger partial charge < -0.3 is 14.6 Å². The Labute approximate surface area is 255 Å². The molecule has 0 saturated heterocycles. The molecule has 4 aliphatic carbocycles. The molecule has 9 atom stereocenters. The zero-order chi connectivity index (χ0) is 30.2. The van der Waals surface area contributed by atoms with Crippen molar-refractivity contribution < 1.29 is 19.4 Å². The predicted octanol–water partition coefficient (Wildman–Crippen LogP) is 9.61. The number of hydrogen-bond acceptors (Lipinski definition) is 4. The predicted molar refractivity (Wildman–Crippen MR) is 171 cm³/mol. The molecular formula is C38H56O4. The molecule has 3 fully saturated rings. The number of methoxy groups -OCH3 is 1. The number of carbonyl (C=O) groups is 1. The first-order chi connectivity index (χ1) is 20.0. The van der Waals surface area contributed by atoms with Crippen LogP contribution in [0, 0.1) is 52.3 Å². The molecule has 42 heavy (non-hydrogen) atoms. The molecule has 1 unspecified atom stereocenters. The summed E-state index contributed by atoms with van der Waals surface area (Å²) >= 11 is 0. The van der Waals surface area contributed by atoms with Gasteiger partial charge in [-0.15, -0.1) is 0 Å². The average Bonchev–Trinajstić information content (AvgIpc) is 3.32. The van der Waals surface area contributed by atoms with E-state index in [0.717, 1.165) is 66.3 Å². The fourth-order valence-corrected chi connectivity index (χ4v) is 9.93. The van der Waals surface area contributed by atoms with Gasteiger partial charge in [-0.1, -0.05) is 72.1 Å². The Morgan fingerprint density at radius 2 is 1.83 bits per heavy atom. The minimum Gasteiger partial charge on any atom is -0.504 e. The Morgan fingerprint density at radius 3 is 2.57 bits per heavy atom. The lowest BCUT2D eigenvalue weighted by molar-refractivity contribution is -0.145. The molecule has 232 valence electrons. The SMILES string of the molecule is COc1cc(/C=C\C(=O)O[C@H]2CC[C@@]3(C)C(=CC[C@H]4[C@@H]5CC[C@H]([C@H](C)CCC(C)C(C)C)[C@@]5(C)CC[C@@H]43)C2)ccc1O. The number of phenols is 1. The third-order valence-electron chi connectivity index (χ3n) is 12.9. The van der Waals surface area contributed by atoms with Gasteiger partial charge in [0, 0.05) is 12.5 Å². The third-order valence-corrected chi connectivity index (χ3v) is 12.9. The maximum Gasteiger partial charge on any atom is 0.331 e. The lowest BCUT2D eigenvalue weighted by Gasteiger charge is -2.58. The monoisotopic (exact) mass is 576 g/mol. The fourth-order valence-electron chi connectivity index (χ4n) is 9.93. The van der Waals surface area contributed by atoms with E-state index in [-0.39, 0.29) is 23.2 Å². The van der Waals surface area contributed by atoms with Gasteiger partial charge in [-0.25, -0.2) is 4.79 Å². The number of aromatic hydroxyl groups is 1. The first kappa shape index (κ1) is 31.2. The van der Waals surface area contributed by atoms with Crippen LogP contribution in [0.15, 0.2) is 35.9 Å². The second kappa shape index (κ2) is 12.4. The molecule has 5 rings (SSSR count). The highest BCUT2D eigenvalue weighted by molar-refractivity contribution is 5.87. The molecule has 4 heteroatoms. The van der Waals surface area contributed by atoms with Crippen LogP contribution in [-0.2, 0) is 9.53 Å². The van der Waals surface area contributed by atoms with Crippen LogP contribution in [0.1, 0.15) is 111 Å². The second-order valence-electron chi connectivity index (χ2n) is 15.3. The van der Waals surface area contributed by atoms with Gasteiger partial charge in [0.2, 0.25) is 0 Å². The lowest BCUT2D eigenvalue weighted by atomic mass is 9.47. The highest BCUT2D eigenvalue weighted by Gasteiger charge is 2.59. The van der Waals surface area contributed by atoms with Crippen molar-refractivity contribution in [3.05, 3.63) is 41.5 Å². The summed E-state index contributed by atoms with van der Waals surface area (Å²) in [7, 11) is 1.52. The van der Waals surface area contributed by atoms with E-state index >= 15 is 0 Å². The Morgan fingerprint density at radius 1 is 1.05 bits per heavy atom. The second-order valence-corrected chi connectivity index (χ2v) is 15.3. The van der Waals surface area contributed by atoms with Gasteiger partial charge in [-0.2, -0.15) is 0 Å². The molecule has 0 aromatic heterocycles. The van der Waals surface area contributed by atoms with E-state index in [0.29, 0.717) is 11.2 Å². The van der Waals surface area contributed by atoms with Crippen molar-refractivity contribution in [3.63, 3.8) is 0 Å². The van der Waals surface area contributed by atoms with Crippen LogP contribution >= 0.6 is 0 Å².